The summed E-state index contributed by atoms with van der Waals surface area (Å²) in [5, 5.41) is 1.24. The summed E-state index contributed by atoms with van der Waals surface area (Å²) in [6.07, 6.45) is 5.20. The Morgan fingerprint density at radius 3 is 2.73 bits per heavy atom. The van der Waals surface area contributed by atoms with Crippen LogP contribution in [0.1, 0.15) is 42.9 Å². The smallest absolute Gasteiger partial charge is 0.252 e. The minimum Gasteiger partial charge on any atom is -0.272 e. The van der Waals surface area contributed by atoms with Crippen molar-refractivity contribution >= 4 is 25.6 Å². The van der Waals surface area contributed by atoms with E-state index >= 15 is 0 Å². The summed E-state index contributed by atoms with van der Waals surface area (Å²) in [7, 11) is -0.788. The van der Waals surface area contributed by atoms with Crippen LogP contribution in [0.4, 0.5) is 4.39 Å². The highest BCUT2D eigenvalue weighted by Crippen LogP contribution is 2.44. The first-order valence-corrected chi connectivity index (χ1v) is 10.3. The molecule has 1 saturated carbocycles. The first-order valence-electron chi connectivity index (χ1n) is 7.80. The Kier molecular flexibility index (Phi) is 3.67. The number of allylic oxidation sites excluding steroid dienone is 1. The SMILES string of the molecule is CC1=Cc2c(C3(C([NH])=O)CCCC3=[Si](C)C)ccc(F)c2C1. The van der Waals surface area contributed by atoms with Crippen LogP contribution in [0.3, 0.4) is 0 Å². The van der Waals surface area contributed by atoms with Crippen molar-refractivity contribution in [2.75, 3.05) is 0 Å². The highest BCUT2D eigenvalue weighted by atomic mass is 28.2. The maximum absolute atomic E-state index is 14.1. The van der Waals surface area contributed by atoms with Crippen LogP contribution in [0.25, 0.3) is 6.08 Å². The zero-order valence-corrected chi connectivity index (χ0v) is 14.3. The van der Waals surface area contributed by atoms with Gasteiger partial charge in [0.05, 0.1) is 5.41 Å². The topological polar surface area (TPSA) is 40.9 Å². The third-order valence-corrected chi connectivity index (χ3v) is 6.97. The van der Waals surface area contributed by atoms with Gasteiger partial charge in [0, 0.05) is 8.41 Å². The zero-order chi connectivity index (χ0) is 16.1. The number of carbonyl (C=O) groups is 1. The van der Waals surface area contributed by atoms with Gasteiger partial charge in [0.25, 0.3) is 5.91 Å². The van der Waals surface area contributed by atoms with Crippen LogP contribution >= 0.6 is 0 Å². The predicted molar refractivity (Wildman–Crippen MR) is 89.9 cm³/mol. The minimum atomic E-state index is -0.795. The Morgan fingerprint density at radius 1 is 1.36 bits per heavy atom. The van der Waals surface area contributed by atoms with Gasteiger partial charge >= 0.3 is 0 Å². The summed E-state index contributed by atoms with van der Waals surface area (Å²) in [5.41, 5.74) is 10.7. The molecule has 1 radical (unpaired) electrons. The number of carbonyl (C=O) groups excluding carboxylic acids is 1. The van der Waals surface area contributed by atoms with Gasteiger partial charge in [-0.2, -0.15) is 0 Å². The van der Waals surface area contributed by atoms with Crippen LogP contribution in [0.15, 0.2) is 17.7 Å². The number of hydrogen-bond acceptors (Lipinski definition) is 1. The summed E-state index contributed by atoms with van der Waals surface area (Å²) >= 11 is 0. The largest absolute Gasteiger partial charge is 0.272 e. The van der Waals surface area contributed by atoms with Gasteiger partial charge in [-0.1, -0.05) is 36.0 Å². The lowest BCUT2D eigenvalue weighted by molar-refractivity contribution is -0.121. The molecule has 2 aliphatic carbocycles. The molecule has 3 rings (SSSR count). The van der Waals surface area contributed by atoms with Crippen molar-refractivity contribution in [2.45, 2.75) is 51.1 Å². The van der Waals surface area contributed by atoms with E-state index in [9.17, 15) is 9.18 Å². The summed E-state index contributed by atoms with van der Waals surface area (Å²) < 4.78 is 14.1. The van der Waals surface area contributed by atoms with Crippen LogP contribution in [0.5, 0.6) is 0 Å². The Hall–Kier alpha value is -1.55. The van der Waals surface area contributed by atoms with E-state index in [4.69, 9.17) is 5.73 Å². The van der Waals surface area contributed by atoms with Crippen molar-refractivity contribution in [2.24, 2.45) is 0 Å². The zero-order valence-electron chi connectivity index (χ0n) is 13.3. The van der Waals surface area contributed by atoms with E-state index in [0.717, 1.165) is 29.5 Å². The van der Waals surface area contributed by atoms with Gasteiger partial charge in [0.2, 0.25) is 0 Å². The molecule has 2 aliphatic rings. The molecule has 1 aromatic rings. The molecule has 0 heterocycles. The minimum absolute atomic E-state index is 0.197. The number of benzene rings is 1. The van der Waals surface area contributed by atoms with Crippen LogP contribution < -0.4 is 5.73 Å². The first kappa shape index (κ1) is 15.3. The van der Waals surface area contributed by atoms with Gasteiger partial charge in [-0.25, -0.2) is 4.39 Å². The van der Waals surface area contributed by atoms with Gasteiger partial charge in [0.1, 0.15) is 5.82 Å². The Labute approximate surface area is 132 Å². The van der Waals surface area contributed by atoms with Gasteiger partial charge in [0.15, 0.2) is 0 Å². The lowest BCUT2D eigenvalue weighted by Crippen LogP contribution is -2.44. The number of hydrogen-bond donors (Lipinski definition) is 0. The summed E-state index contributed by atoms with van der Waals surface area (Å²) in [5.74, 6) is -0.713. The molecular weight excluding hydrogens is 293 g/mol. The molecule has 115 valence electrons. The molecule has 2 nitrogen and oxygen atoms in total. The van der Waals surface area contributed by atoms with Gasteiger partial charge < -0.3 is 0 Å². The normalized spacial score (nSPS) is 23.5. The van der Waals surface area contributed by atoms with Crippen molar-refractivity contribution in [3.8, 4) is 0 Å². The molecule has 1 N–H and O–H groups in total. The highest BCUT2D eigenvalue weighted by molar-refractivity contribution is 6.72. The quantitative estimate of drug-likeness (QED) is 0.770. The second-order valence-electron chi connectivity index (χ2n) is 6.72. The van der Waals surface area contributed by atoms with E-state index in [2.05, 4.69) is 13.1 Å². The molecule has 0 spiro atoms. The van der Waals surface area contributed by atoms with E-state index in [1.807, 2.05) is 13.0 Å². The second-order valence-corrected chi connectivity index (χ2v) is 9.32. The number of fused-ring (bicyclic) bond motifs is 1. The van der Waals surface area contributed by atoms with Crippen molar-refractivity contribution in [1.29, 1.82) is 0 Å². The Balaban J connectivity index is 2.32. The molecule has 1 atom stereocenters. The molecule has 1 amide bonds. The van der Waals surface area contributed by atoms with Crippen LogP contribution in [0, 0.1) is 5.82 Å². The van der Waals surface area contributed by atoms with Crippen LogP contribution in [0.2, 0.25) is 13.1 Å². The lowest BCUT2D eigenvalue weighted by atomic mass is 9.75. The monoisotopic (exact) mass is 314 g/mol. The molecule has 22 heavy (non-hydrogen) atoms. The van der Waals surface area contributed by atoms with E-state index < -0.39 is 19.7 Å². The number of amides is 1. The molecule has 0 saturated heterocycles. The van der Waals surface area contributed by atoms with Crippen LogP contribution in [-0.4, -0.2) is 19.5 Å². The number of nitrogens with one attached hydrogen (secondary N) is 1. The molecular formula is C18H21FNOSi. The lowest BCUT2D eigenvalue weighted by Gasteiger charge is -2.31. The van der Waals surface area contributed by atoms with Crippen molar-refractivity contribution in [3.05, 3.63) is 40.2 Å². The van der Waals surface area contributed by atoms with E-state index in [1.165, 1.54) is 11.2 Å². The van der Waals surface area contributed by atoms with Gasteiger partial charge in [-0.05, 0) is 55.4 Å². The molecule has 0 aliphatic heterocycles. The Morgan fingerprint density at radius 2 is 2.09 bits per heavy atom. The summed E-state index contributed by atoms with van der Waals surface area (Å²) in [4.78, 5) is 12.4. The fourth-order valence-corrected chi connectivity index (χ4v) is 6.08. The maximum atomic E-state index is 14.1. The maximum Gasteiger partial charge on any atom is 0.252 e. The molecule has 0 bridgehead atoms. The molecule has 0 aromatic heterocycles. The van der Waals surface area contributed by atoms with Gasteiger partial charge in [-0.3, -0.25) is 10.5 Å². The second kappa shape index (κ2) is 5.27. The van der Waals surface area contributed by atoms with Crippen molar-refractivity contribution in [3.63, 3.8) is 0 Å². The number of rotatable bonds is 2. The van der Waals surface area contributed by atoms with Crippen molar-refractivity contribution < 1.29 is 9.18 Å². The predicted octanol–water partition coefficient (Wildman–Crippen LogP) is 3.52. The summed E-state index contributed by atoms with van der Waals surface area (Å²) in [6.45, 7) is 6.37. The van der Waals surface area contributed by atoms with Gasteiger partial charge in [-0.15, -0.1) is 0 Å². The summed E-state index contributed by atoms with van der Waals surface area (Å²) in [6, 6.07) is 3.24. The average Bonchev–Trinajstić information content (AvgIpc) is 3.03. The van der Waals surface area contributed by atoms with E-state index in [-0.39, 0.29) is 5.82 Å². The van der Waals surface area contributed by atoms with Crippen molar-refractivity contribution in [1.82, 2.24) is 5.73 Å². The standard InChI is InChI=1S/C18H21FNOSi/c1-11-9-12-13(10-11)15(19)7-6-14(12)18(17(20)21)8-4-5-16(18)22(2)3/h6-7,9,20H,4-5,8,10H2,1-3H3. The molecule has 1 aromatic carbocycles. The molecule has 1 unspecified atom stereocenters. The van der Waals surface area contributed by atoms with Crippen LogP contribution in [-0.2, 0) is 16.6 Å². The fraction of sp³-hybridized carbons (Fsp3) is 0.444. The average molecular weight is 314 g/mol. The van der Waals surface area contributed by atoms with E-state index in [0.29, 0.717) is 18.4 Å². The third-order valence-electron chi connectivity index (χ3n) is 5.09. The Bertz CT molecular complexity index is 731. The first-order chi connectivity index (χ1) is 10.4. The molecule has 1 fully saturated rings. The molecule has 4 heteroatoms. The highest BCUT2D eigenvalue weighted by Gasteiger charge is 2.47. The number of halogens is 1. The third kappa shape index (κ3) is 2.04. The van der Waals surface area contributed by atoms with E-state index in [1.54, 1.807) is 6.07 Å². The fourth-order valence-electron chi connectivity index (χ4n) is 4.17.